The second kappa shape index (κ2) is 7.31. The predicted octanol–water partition coefficient (Wildman–Crippen LogP) is 0.848. The van der Waals surface area contributed by atoms with Crippen LogP contribution in [0, 0.1) is 0 Å². The average Bonchev–Trinajstić information content (AvgIpc) is 2.81. The summed E-state index contributed by atoms with van der Waals surface area (Å²) in [5, 5.41) is 12.9. The van der Waals surface area contributed by atoms with E-state index in [0.29, 0.717) is 6.10 Å². The average molecular weight is 244 g/mol. The summed E-state index contributed by atoms with van der Waals surface area (Å²) in [5.41, 5.74) is -0.205. The summed E-state index contributed by atoms with van der Waals surface area (Å²) < 4.78 is 5.67. The Morgan fingerprint density at radius 1 is 1.47 bits per heavy atom. The molecule has 0 saturated carbocycles. The monoisotopic (exact) mass is 244 g/mol. The van der Waals surface area contributed by atoms with Crippen LogP contribution in [0.4, 0.5) is 0 Å². The van der Waals surface area contributed by atoms with E-state index in [1.165, 1.54) is 12.8 Å². The molecule has 1 heterocycles. The summed E-state index contributed by atoms with van der Waals surface area (Å²) in [6.07, 6.45) is 2.75. The van der Waals surface area contributed by atoms with Gasteiger partial charge >= 0.3 is 0 Å². The van der Waals surface area contributed by atoms with Gasteiger partial charge in [0.1, 0.15) is 0 Å². The van der Waals surface area contributed by atoms with Gasteiger partial charge in [-0.25, -0.2) is 0 Å². The molecule has 1 aliphatic rings. The number of nitrogens with one attached hydrogen (secondary N) is 1. The molecule has 1 saturated heterocycles. The lowest BCUT2D eigenvalue weighted by Crippen LogP contribution is -2.54. The van der Waals surface area contributed by atoms with E-state index in [-0.39, 0.29) is 12.1 Å². The lowest BCUT2D eigenvalue weighted by molar-refractivity contribution is 0.0552. The topological polar surface area (TPSA) is 44.7 Å². The second-order valence-electron chi connectivity index (χ2n) is 5.21. The molecule has 2 N–H and O–H groups in total. The van der Waals surface area contributed by atoms with Gasteiger partial charge in [-0.1, -0.05) is 13.8 Å². The van der Waals surface area contributed by atoms with E-state index in [2.05, 4.69) is 31.0 Å². The van der Waals surface area contributed by atoms with E-state index in [0.717, 1.165) is 32.8 Å². The first-order chi connectivity index (χ1) is 8.13. The van der Waals surface area contributed by atoms with Gasteiger partial charge in [-0.15, -0.1) is 0 Å². The van der Waals surface area contributed by atoms with Crippen molar-refractivity contribution in [3.8, 4) is 0 Å². The number of likely N-dealkylation sites (N-methyl/N-ethyl adjacent to an activating group) is 2. The summed E-state index contributed by atoms with van der Waals surface area (Å²) >= 11 is 0. The van der Waals surface area contributed by atoms with E-state index in [1.807, 2.05) is 0 Å². The first-order valence-electron chi connectivity index (χ1n) is 6.83. The highest BCUT2D eigenvalue weighted by atomic mass is 16.5. The van der Waals surface area contributed by atoms with Crippen LogP contribution in [-0.2, 0) is 4.74 Å². The van der Waals surface area contributed by atoms with Crippen LogP contribution in [0.5, 0.6) is 0 Å². The second-order valence-corrected chi connectivity index (χ2v) is 5.21. The zero-order valence-electron chi connectivity index (χ0n) is 11.5. The molecule has 0 aromatic heterocycles. The van der Waals surface area contributed by atoms with Crippen LogP contribution in [0.3, 0.4) is 0 Å². The number of ether oxygens (including phenoxy) is 1. The molecule has 2 unspecified atom stereocenters. The quantitative estimate of drug-likeness (QED) is 0.664. The van der Waals surface area contributed by atoms with Crippen LogP contribution in [-0.4, -0.2) is 61.0 Å². The van der Waals surface area contributed by atoms with Crippen LogP contribution in [0.25, 0.3) is 0 Å². The van der Waals surface area contributed by atoms with E-state index in [9.17, 15) is 5.11 Å². The molecule has 4 heteroatoms. The Hall–Kier alpha value is -0.160. The molecular weight excluding hydrogens is 216 g/mol. The minimum atomic E-state index is -0.205. The van der Waals surface area contributed by atoms with Gasteiger partial charge in [-0.3, -0.25) is 4.90 Å². The highest BCUT2D eigenvalue weighted by Crippen LogP contribution is 2.15. The Bertz CT molecular complexity index is 208. The third-order valence-corrected chi connectivity index (χ3v) is 3.46. The van der Waals surface area contributed by atoms with Crippen molar-refractivity contribution in [2.75, 3.05) is 39.4 Å². The minimum absolute atomic E-state index is 0.170. The number of aliphatic hydroxyl groups is 1. The first-order valence-corrected chi connectivity index (χ1v) is 6.83. The van der Waals surface area contributed by atoms with Crippen LogP contribution in [0.15, 0.2) is 0 Å². The Labute approximate surface area is 105 Å². The molecule has 1 rings (SSSR count). The summed E-state index contributed by atoms with van der Waals surface area (Å²) in [6.45, 7) is 11.1. The Balaban J connectivity index is 2.42. The minimum Gasteiger partial charge on any atom is -0.394 e. The van der Waals surface area contributed by atoms with Crippen molar-refractivity contribution in [2.45, 2.75) is 45.3 Å². The SMILES string of the molecule is CCNC(C)(CO)CN(CC)CC1CCCO1. The molecule has 0 amide bonds. The number of aliphatic hydroxyl groups excluding tert-OH is 1. The smallest absolute Gasteiger partial charge is 0.0702 e. The van der Waals surface area contributed by atoms with E-state index in [4.69, 9.17) is 4.74 Å². The van der Waals surface area contributed by atoms with Crippen LogP contribution in [0.2, 0.25) is 0 Å². The zero-order valence-corrected chi connectivity index (χ0v) is 11.5. The molecule has 17 heavy (non-hydrogen) atoms. The van der Waals surface area contributed by atoms with Gasteiger partial charge in [0.25, 0.3) is 0 Å². The van der Waals surface area contributed by atoms with Gasteiger partial charge in [-0.05, 0) is 32.9 Å². The maximum atomic E-state index is 9.50. The summed E-state index contributed by atoms with van der Waals surface area (Å²) in [6, 6.07) is 0. The van der Waals surface area contributed by atoms with Crippen molar-refractivity contribution in [2.24, 2.45) is 0 Å². The van der Waals surface area contributed by atoms with Crippen molar-refractivity contribution in [3.05, 3.63) is 0 Å². The van der Waals surface area contributed by atoms with Crippen LogP contribution in [0.1, 0.15) is 33.6 Å². The van der Waals surface area contributed by atoms with Gasteiger partial charge in [0, 0.05) is 19.7 Å². The lowest BCUT2D eigenvalue weighted by Gasteiger charge is -2.35. The molecule has 0 spiro atoms. The first kappa shape index (κ1) is 14.9. The molecule has 0 aliphatic carbocycles. The predicted molar refractivity (Wildman–Crippen MR) is 70.3 cm³/mol. The number of hydrogen-bond acceptors (Lipinski definition) is 4. The summed E-state index contributed by atoms with van der Waals surface area (Å²) in [4.78, 5) is 2.37. The molecule has 102 valence electrons. The molecule has 1 aliphatic heterocycles. The van der Waals surface area contributed by atoms with Crippen molar-refractivity contribution in [3.63, 3.8) is 0 Å². The number of hydrogen-bond donors (Lipinski definition) is 2. The zero-order chi connectivity index (χ0) is 12.7. The fourth-order valence-electron chi connectivity index (χ4n) is 2.46. The molecule has 0 aromatic carbocycles. The molecule has 0 bridgehead atoms. The summed E-state index contributed by atoms with van der Waals surface area (Å²) in [7, 11) is 0. The van der Waals surface area contributed by atoms with Crippen LogP contribution < -0.4 is 5.32 Å². The Kier molecular flexibility index (Phi) is 6.41. The third-order valence-electron chi connectivity index (χ3n) is 3.46. The van der Waals surface area contributed by atoms with Crippen LogP contribution >= 0.6 is 0 Å². The fraction of sp³-hybridized carbons (Fsp3) is 1.00. The molecule has 1 fully saturated rings. The van der Waals surface area contributed by atoms with Gasteiger partial charge < -0.3 is 15.2 Å². The number of nitrogens with zero attached hydrogens (tertiary/aromatic N) is 1. The molecule has 0 aromatic rings. The number of rotatable bonds is 8. The highest BCUT2D eigenvalue weighted by Gasteiger charge is 2.27. The maximum absolute atomic E-state index is 9.50. The molecule has 2 atom stereocenters. The normalized spacial score (nSPS) is 24.2. The standard InChI is InChI=1S/C13H28N2O2/c1-4-14-13(3,11-16)10-15(5-2)9-12-7-6-8-17-12/h12,14,16H,4-11H2,1-3H3. The maximum Gasteiger partial charge on any atom is 0.0702 e. The lowest BCUT2D eigenvalue weighted by atomic mass is 10.0. The molecule has 4 nitrogen and oxygen atoms in total. The third kappa shape index (κ3) is 4.92. The Morgan fingerprint density at radius 2 is 2.24 bits per heavy atom. The molecular formula is C13H28N2O2. The van der Waals surface area contributed by atoms with Crippen molar-refractivity contribution in [1.29, 1.82) is 0 Å². The van der Waals surface area contributed by atoms with Crippen molar-refractivity contribution < 1.29 is 9.84 Å². The van der Waals surface area contributed by atoms with E-state index in [1.54, 1.807) is 0 Å². The van der Waals surface area contributed by atoms with E-state index < -0.39 is 0 Å². The van der Waals surface area contributed by atoms with Gasteiger partial charge in [0.05, 0.1) is 18.2 Å². The van der Waals surface area contributed by atoms with E-state index >= 15 is 0 Å². The van der Waals surface area contributed by atoms with Gasteiger partial charge in [0.2, 0.25) is 0 Å². The largest absolute Gasteiger partial charge is 0.394 e. The molecule has 0 radical (unpaired) electrons. The Morgan fingerprint density at radius 3 is 2.71 bits per heavy atom. The van der Waals surface area contributed by atoms with Gasteiger partial charge in [0.15, 0.2) is 0 Å². The van der Waals surface area contributed by atoms with Crippen molar-refractivity contribution >= 4 is 0 Å². The van der Waals surface area contributed by atoms with Crippen molar-refractivity contribution in [1.82, 2.24) is 10.2 Å². The fourth-order valence-corrected chi connectivity index (χ4v) is 2.46. The van der Waals surface area contributed by atoms with Gasteiger partial charge in [-0.2, -0.15) is 0 Å². The summed E-state index contributed by atoms with van der Waals surface area (Å²) in [5.74, 6) is 0. The highest BCUT2D eigenvalue weighted by molar-refractivity contribution is 4.86.